The molecule has 0 unspecified atom stereocenters. The van der Waals surface area contributed by atoms with Crippen LogP contribution in [0.2, 0.25) is 0 Å². The monoisotopic (exact) mass is 317 g/mol. The predicted molar refractivity (Wildman–Crippen MR) is 90.4 cm³/mol. The van der Waals surface area contributed by atoms with E-state index in [1.54, 1.807) is 0 Å². The van der Waals surface area contributed by atoms with Crippen LogP contribution < -0.4 is 0 Å². The molecule has 2 heterocycles. The Bertz CT molecular complexity index is 546. The third-order valence-electron chi connectivity index (χ3n) is 5.07. The Morgan fingerprint density at radius 2 is 1.87 bits per heavy atom. The summed E-state index contributed by atoms with van der Waals surface area (Å²) in [6, 6.07) is 9.19. The minimum atomic E-state index is -0.667. The van der Waals surface area contributed by atoms with Crippen molar-refractivity contribution < 1.29 is 9.90 Å². The largest absolute Gasteiger partial charge is 0.481 e. The van der Waals surface area contributed by atoms with Crippen LogP contribution in [-0.2, 0) is 11.3 Å². The summed E-state index contributed by atoms with van der Waals surface area (Å²) < 4.78 is 0. The first kappa shape index (κ1) is 16.4. The van der Waals surface area contributed by atoms with Crippen molar-refractivity contribution in [2.75, 3.05) is 46.3 Å². The summed E-state index contributed by atoms with van der Waals surface area (Å²) >= 11 is 0. The van der Waals surface area contributed by atoms with Gasteiger partial charge in [0.25, 0.3) is 0 Å². The van der Waals surface area contributed by atoms with E-state index in [2.05, 4.69) is 45.9 Å². The molecule has 1 aromatic rings. The van der Waals surface area contributed by atoms with Crippen LogP contribution in [0.15, 0.2) is 24.3 Å². The van der Waals surface area contributed by atoms with Crippen LogP contribution in [0, 0.1) is 12.8 Å². The van der Waals surface area contributed by atoms with E-state index in [1.165, 1.54) is 11.1 Å². The lowest BCUT2D eigenvalue weighted by Gasteiger charge is -2.41. The molecule has 23 heavy (non-hydrogen) atoms. The lowest BCUT2D eigenvalue weighted by atomic mass is 10.1. The van der Waals surface area contributed by atoms with Crippen LogP contribution in [0.25, 0.3) is 0 Å². The molecule has 0 aromatic heterocycles. The highest BCUT2D eigenvalue weighted by Crippen LogP contribution is 2.19. The Morgan fingerprint density at radius 3 is 2.57 bits per heavy atom. The third kappa shape index (κ3) is 4.10. The fraction of sp³-hybridized carbons (Fsp3) is 0.611. The first-order chi connectivity index (χ1) is 11.0. The number of hydrogen-bond donors (Lipinski definition) is 1. The Labute approximate surface area is 138 Å². The summed E-state index contributed by atoms with van der Waals surface area (Å²) in [6.07, 6.45) is 0. The number of aliphatic carboxylic acids is 1. The van der Waals surface area contributed by atoms with Gasteiger partial charge in [0, 0.05) is 51.9 Å². The smallest absolute Gasteiger partial charge is 0.309 e. The van der Waals surface area contributed by atoms with Gasteiger partial charge in [0.05, 0.1) is 5.92 Å². The van der Waals surface area contributed by atoms with Crippen LogP contribution in [0.5, 0.6) is 0 Å². The highest BCUT2D eigenvalue weighted by atomic mass is 16.4. The molecular weight excluding hydrogens is 290 g/mol. The highest BCUT2D eigenvalue weighted by molar-refractivity contribution is 5.70. The van der Waals surface area contributed by atoms with Gasteiger partial charge in [0.1, 0.15) is 0 Å². The number of fused-ring (bicyclic) bond motifs is 1. The summed E-state index contributed by atoms with van der Waals surface area (Å²) in [6.45, 7) is 8.38. The van der Waals surface area contributed by atoms with Crippen molar-refractivity contribution in [3.8, 4) is 0 Å². The molecule has 0 amide bonds. The van der Waals surface area contributed by atoms with Gasteiger partial charge in [-0.3, -0.25) is 14.6 Å². The molecule has 2 saturated heterocycles. The van der Waals surface area contributed by atoms with Crippen LogP contribution in [0.4, 0.5) is 0 Å². The lowest BCUT2D eigenvalue weighted by molar-refractivity contribution is -0.142. The SMILES string of the molecule is Cc1ccc(CN2CCN3C[C@H](C(=O)O)CN(C)C[C@@H]3C2)cc1. The molecule has 126 valence electrons. The number of benzene rings is 1. The normalized spacial score (nSPS) is 27.4. The van der Waals surface area contributed by atoms with Gasteiger partial charge >= 0.3 is 5.97 Å². The summed E-state index contributed by atoms with van der Waals surface area (Å²) in [5, 5.41) is 9.38. The topological polar surface area (TPSA) is 47.0 Å². The third-order valence-corrected chi connectivity index (χ3v) is 5.07. The van der Waals surface area contributed by atoms with Crippen molar-refractivity contribution in [2.24, 2.45) is 5.92 Å². The molecule has 1 N–H and O–H groups in total. The number of rotatable bonds is 3. The van der Waals surface area contributed by atoms with Gasteiger partial charge in [0.2, 0.25) is 0 Å². The molecule has 2 fully saturated rings. The first-order valence-corrected chi connectivity index (χ1v) is 8.44. The maximum atomic E-state index is 11.4. The zero-order valence-electron chi connectivity index (χ0n) is 14.1. The van der Waals surface area contributed by atoms with E-state index in [1.807, 2.05) is 7.05 Å². The molecule has 0 saturated carbocycles. The van der Waals surface area contributed by atoms with Gasteiger partial charge in [-0.15, -0.1) is 0 Å². The number of nitrogens with zero attached hydrogens (tertiary/aromatic N) is 3. The molecule has 2 aliphatic rings. The summed E-state index contributed by atoms with van der Waals surface area (Å²) in [5.74, 6) is -0.937. The van der Waals surface area contributed by atoms with E-state index in [0.717, 1.165) is 32.7 Å². The van der Waals surface area contributed by atoms with E-state index in [-0.39, 0.29) is 5.92 Å². The molecule has 0 aliphatic carbocycles. The van der Waals surface area contributed by atoms with Crippen molar-refractivity contribution in [2.45, 2.75) is 19.5 Å². The van der Waals surface area contributed by atoms with Crippen LogP contribution in [0.3, 0.4) is 0 Å². The van der Waals surface area contributed by atoms with Crippen molar-refractivity contribution in [3.63, 3.8) is 0 Å². The number of aryl methyl sites for hydroxylation is 1. The molecule has 0 radical (unpaired) electrons. The van der Waals surface area contributed by atoms with E-state index < -0.39 is 5.97 Å². The van der Waals surface area contributed by atoms with Gasteiger partial charge in [-0.05, 0) is 19.5 Å². The maximum absolute atomic E-state index is 11.4. The van der Waals surface area contributed by atoms with Crippen molar-refractivity contribution >= 4 is 5.97 Å². The highest BCUT2D eigenvalue weighted by Gasteiger charge is 2.35. The molecule has 3 rings (SSSR count). The predicted octanol–water partition coefficient (Wildman–Crippen LogP) is 1.13. The summed E-state index contributed by atoms with van der Waals surface area (Å²) in [4.78, 5) is 18.5. The minimum absolute atomic E-state index is 0.270. The number of carbonyl (C=O) groups is 1. The van der Waals surface area contributed by atoms with E-state index in [0.29, 0.717) is 19.1 Å². The standard InChI is InChI=1S/C18H27N3O2/c1-14-3-5-15(6-4-14)9-20-7-8-21-11-16(18(22)23)10-19(2)12-17(21)13-20/h3-6,16-17H,7-13H2,1-2H3,(H,22,23)/t16-,17-/m1/s1. The summed E-state index contributed by atoms with van der Waals surface area (Å²) in [5.41, 5.74) is 2.65. The Balaban J connectivity index is 1.63. The molecule has 2 aliphatic heterocycles. The van der Waals surface area contributed by atoms with Crippen LogP contribution in [-0.4, -0.2) is 78.1 Å². The number of carboxylic acid groups (broad SMARTS) is 1. The van der Waals surface area contributed by atoms with Crippen LogP contribution in [0.1, 0.15) is 11.1 Å². The van der Waals surface area contributed by atoms with Gasteiger partial charge < -0.3 is 10.0 Å². The number of piperazine rings is 1. The number of carboxylic acids is 1. The molecule has 0 spiro atoms. The molecule has 5 heteroatoms. The second-order valence-electron chi connectivity index (χ2n) is 7.13. The quantitative estimate of drug-likeness (QED) is 0.905. The number of likely N-dealkylation sites (N-methyl/N-ethyl adjacent to an activating group) is 1. The zero-order chi connectivity index (χ0) is 16.4. The van der Waals surface area contributed by atoms with Gasteiger partial charge in [-0.1, -0.05) is 29.8 Å². The molecule has 1 aromatic carbocycles. The van der Waals surface area contributed by atoms with Crippen molar-refractivity contribution in [1.29, 1.82) is 0 Å². The first-order valence-electron chi connectivity index (χ1n) is 8.44. The van der Waals surface area contributed by atoms with Crippen molar-refractivity contribution in [1.82, 2.24) is 14.7 Å². The van der Waals surface area contributed by atoms with Gasteiger partial charge in [0.15, 0.2) is 0 Å². The number of hydrogen-bond acceptors (Lipinski definition) is 4. The van der Waals surface area contributed by atoms with Crippen molar-refractivity contribution in [3.05, 3.63) is 35.4 Å². The Morgan fingerprint density at radius 1 is 1.13 bits per heavy atom. The second kappa shape index (κ2) is 6.99. The van der Waals surface area contributed by atoms with Crippen LogP contribution >= 0.6 is 0 Å². The average Bonchev–Trinajstić information content (AvgIpc) is 2.67. The Hall–Kier alpha value is -1.43. The fourth-order valence-electron chi connectivity index (χ4n) is 3.77. The van der Waals surface area contributed by atoms with E-state index in [9.17, 15) is 9.90 Å². The molecule has 0 bridgehead atoms. The van der Waals surface area contributed by atoms with E-state index >= 15 is 0 Å². The van der Waals surface area contributed by atoms with E-state index in [4.69, 9.17) is 0 Å². The summed E-state index contributed by atoms with van der Waals surface area (Å²) in [7, 11) is 2.04. The second-order valence-corrected chi connectivity index (χ2v) is 7.13. The Kier molecular flexibility index (Phi) is 4.99. The lowest BCUT2D eigenvalue weighted by Crippen LogP contribution is -2.55. The maximum Gasteiger partial charge on any atom is 0.309 e. The van der Waals surface area contributed by atoms with Gasteiger partial charge in [-0.25, -0.2) is 0 Å². The zero-order valence-corrected chi connectivity index (χ0v) is 14.1. The molecular formula is C18H27N3O2. The minimum Gasteiger partial charge on any atom is -0.481 e. The molecule has 5 nitrogen and oxygen atoms in total. The molecule has 2 atom stereocenters. The average molecular weight is 317 g/mol. The van der Waals surface area contributed by atoms with Gasteiger partial charge in [-0.2, -0.15) is 0 Å². The fourth-order valence-corrected chi connectivity index (χ4v) is 3.77.